The molecule has 0 atom stereocenters. The van der Waals surface area contributed by atoms with Gasteiger partial charge in [-0.15, -0.1) is 0 Å². The minimum absolute atomic E-state index is 0.0105. The molecule has 3 rings (SSSR count). The lowest BCUT2D eigenvalue weighted by atomic mass is 10.0. The van der Waals surface area contributed by atoms with Crippen molar-refractivity contribution < 1.29 is 19.4 Å². The van der Waals surface area contributed by atoms with E-state index in [4.69, 9.17) is 0 Å². The van der Waals surface area contributed by atoms with E-state index in [1.165, 1.54) is 31.4 Å². The fraction of sp³-hybridized carbons (Fsp3) is 0.217. The molecule has 160 valence electrons. The van der Waals surface area contributed by atoms with Crippen molar-refractivity contribution in [3.63, 3.8) is 0 Å². The maximum atomic E-state index is 12.4. The Labute approximate surface area is 180 Å². The smallest absolute Gasteiger partial charge is 0.337 e. The Morgan fingerprint density at radius 2 is 1.71 bits per heavy atom. The highest BCUT2D eigenvalue weighted by Crippen LogP contribution is 2.33. The van der Waals surface area contributed by atoms with E-state index in [1.54, 1.807) is 18.7 Å². The van der Waals surface area contributed by atoms with Gasteiger partial charge in [-0.1, -0.05) is 12.1 Å². The number of aromatic hydroxyl groups is 1. The molecule has 0 fully saturated rings. The Morgan fingerprint density at radius 3 is 2.32 bits per heavy atom. The van der Waals surface area contributed by atoms with Crippen LogP contribution in [0.25, 0.3) is 11.3 Å². The lowest BCUT2D eigenvalue weighted by Crippen LogP contribution is -2.19. The van der Waals surface area contributed by atoms with E-state index in [0.717, 1.165) is 16.7 Å². The molecule has 3 aromatic rings. The summed E-state index contributed by atoms with van der Waals surface area (Å²) in [5.41, 5.74) is 7.41. The largest absolute Gasteiger partial charge is 0.504 e. The van der Waals surface area contributed by atoms with Crippen molar-refractivity contribution in [2.75, 3.05) is 7.11 Å². The number of nitrogens with zero attached hydrogens (tertiary/aromatic N) is 3. The zero-order valence-electron chi connectivity index (χ0n) is 18.1. The monoisotopic (exact) mass is 420 g/mol. The fourth-order valence-corrected chi connectivity index (χ4v) is 3.10. The van der Waals surface area contributed by atoms with Crippen LogP contribution in [-0.2, 0) is 11.8 Å². The van der Waals surface area contributed by atoms with Crippen molar-refractivity contribution in [2.45, 2.75) is 20.8 Å². The number of aryl methyl sites for hydroxylation is 3. The van der Waals surface area contributed by atoms with E-state index < -0.39 is 11.9 Å². The molecule has 0 aliphatic rings. The molecule has 1 aromatic heterocycles. The SMILES string of the molecule is COC(=O)c1ccc(C(=O)NN=C(C)c2nn(C)c(-c3ccc(C)c(C)c3)c2O)cc1. The first-order valence-electron chi connectivity index (χ1n) is 9.60. The molecular weight excluding hydrogens is 396 g/mol. The van der Waals surface area contributed by atoms with Crippen molar-refractivity contribution >= 4 is 17.6 Å². The molecule has 0 saturated carbocycles. The second-order valence-corrected chi connectivity index (χ2v) is 7.18. The van der Waals surface area contributed by atoms with Crippen LogP contribution in [0.4, 0.5) is 0 Å². The molecule has 8 heteroatoms. The number of amides is 1. The van der Waals surface area contributed by atoms with E-state index in [1.807, 2.05) is 32.0 Å². The summed E-state index contributed by atoms with van der Waals surface area (Å²) in [7, 11) is 3.03. The summed E-state index contributed by atoms with van der Waals surface area (Å²) >= 11 is 0. The average molecular weight is 420 g/mol. The average Bonchev–Trinajstić information content (AvgIpc) is 3.07. The zero-order valence-corrected chi connectivity index (χ0v) is 18.1. The highest BCUT2D eigenvalue weighted by Gasteiger charge is 2.19. The quantitative estimate of drug-likeness (QED) is 0.374. The van der Waals surface area contributed by atoms with Gasteiger partial charge in [0, 0.05) is 18.2 Å². The Balaban J connectivity index is 1.81. The van der Waals surface area contributed by atoms with Gasteiger partial charge in [-0.25, -0.2) is 10.2 Å². The fourth-order valence-electron chi connectivity index (χ4n) is 3.10. The maximum absolute atomic E-state index is 12.4. The second kappa shape index (κ2) is 8.83. The minimum Gasteiger partial charge on any atom is -0.504 e. The number of rotatable bonds is 5. The van der Waals surface area contributed by atoms with Crippen LogP contribution in [-0.4, -0.2) is 39.6 Å². The van der Waals surface area contributed by atoms with Crippen LogP contribution in [0.1, 0.15) is 44.5 Å². The number of hydrogen-bond donors (Lipinski definition) is 2. The summed E-state index contributed by atoms with van der Waals surface area (Å²) in [5, 5.41) is 19.2. The van der Waals surface area contributed by atoms with Crippen LogP contribution < -0.4 is 5.43 Å². The topological polar surface area (TPSA) is 106 Å². The number of aromatic nitrogens is 2. The molecular formula is C23H24N4O4. The molecule has 2 aromatic carbocycles. The van der Waals surface area contributed by atoms with Gasteiger partial charge in [0.25, 0.3) is 5.91 Å². The van der Waals surface area contributed by atoms with Crippen LogP contribution in [0.2, 0.25) is 0 Å². The third kappa shape index (κ3) is 4.48. The molecule has 0 radical (unpaired) electrons. The molecule has 8 nitrogen and oxygen atoms in total. The van der Waals surface area contributed by atoms with E-state index >= 15 is 0 Å². The van der Waals surface area contributed by atoms with Crippen LogP contribution in [0, 0.1) is 13.8 Å². The molecule has 2 N–H and O–H groups in total. The highest BCUT2D eigenvalue weighted by atomic mass is 16.5. The highest BCUT2D eigenvalue weighted by molar-refractivity contribution is 6.02. The van der Waals surface area contributed by atoms with Crippen molar-refractivity contribution in [1.82, 2.24) is 15.2 Å². The standard InChI is InChI=1S/C23H24N4O4/c1-13-6-7-18(12-14(13)2)20-21(28)19(26-27(20)4)15(3)24-25-22(29)16-8-10-17(11-9-16)23(30)31-5/h6-12,28H,1-5H3,(H,25,29). The van der Waals surface area contributed by atoms with Crippen molar-refractivity contribution in [3.05, 3.63) is 70.4 Å². The first-order chi connectivity index (χ1) is 14.7. The van der Waals surface area contributed by atoms with Crippen LogP contribution >= 0.6 is 0 Å². The number of benzene rings is 2. The van der Waals surface area contributed by atoms with Crippen molar-refractivity contribution in [1.29, 1.82) is 0 Å². The Hall–Kier alpha value is -3.94. The molecule has 0 aliphatic heterocycles. The molecule has 0 spiro atoms. The van der Waals surface area contributed by atoms with Gasteiger partial charge in [0.2, 0.25) is 0 Å². The predicted molar refractivity (Wildman–Crippen MR) is 117 cm³/mol. The molecule has 0 bridgehead atoms. The molecule has 0 unspecified atom stereocenters. The molecule has 0 aliphatic carbocycles. The van der Waals surface area contributed by atoms with Crippen molar-refractivity contribution in [3.8, 4) is 17.0 Å². The Morgan fingerprint density at radius 1 is 1.06 bits per heavy atom. The lowest BCUT2D eigenvalue weighted by Gasteiger charge is -2.06. The number of carbonyl (C=O) groups is 2. The van der Waals surface area contributed by atoms with Crippen LogP contribution in [0.3, 0.4) is 0 Å². The van der Waals surface area contributed by atoms with Crippen molar-refractivity contribution in [2.24, 2.45) is 12.1 Å². The number of methoxy groups -OCH3 is 1. The van der Waals surface area contributed by atoms with Crippen LogP contribution in [0.15, 0.2) is 47.6 Å². The van der Waals surface area contributed by atoms with Crippen LogP contribution in [0.5, 0.6) is 5.75 Å². The normalized spacial score (nSPS) is 11.3. The third-order valence-corrected chi connectivity index (χ3v) is 5.04. The van der Waals surface area contributed by atoms with E-state index in [9.17, 15) is 14.7 Å². The second-order valence-electron chi connectivity index (χ2n) is 7.18. The Bertz CT molecular complexity index is 1180. The summed E-state index contributed by atoms with van der Waals surface area (Å²) in [6.07, 6.45) is 0. The molecule has 31 heavy (non-hydrogen) atoms. The van der Waals surface area contributed by atoms with Gasteiger partial charge in [0.05, 0.1) is 18.4 Å². The maximum Gasteiger partial charge on any atom is 0.337 e. The summed E-state index contributed by atoms with van der Waals surface area (Å²) in [5.74, 6) is -0.949. The van der Waals surface area contributed by atoms with Gasteiger partial charge in [0.1, 0.15) is 5.69 Å². The lowest BCUT2D eigenvalue weighted by molar-refractivity contribution is 0.0600. The van der Waals surface area contributed by atoms with E-state index in [2.05, 4.69) is 20.4 Å². The Kier molecular flexibility index (Phi) is 6.20. The van der Waals surface area contributed by atoms with E-state index in [0.29, 0.717) is 22.5 Å². The van der Waals surface area contributed by atoms with Gasteiger partial charge in [-0.3, -0.25) is 9.48 Å². The number of ether oxygens (including phenoxy) is 1. The zero-order chi connectivity index (χ0) is 22.7. The molecule has 1 amide bonds. The summed E-state index contributed by atoms with van der Waals surface area (Å²) in [6, 6.07) is 11.9. The summed E-state index contributed by atoms with van der Waals surface area (Å²) < 4.78 is 6.22. The van der Waals surface area contributed by atoms with Gasteiger partial charge >= 0.3 is 5.97 Å². The number of hydrazone groups is 1. The molecule has 0 saturated heterocycles. The van der Waals surface area contributed by atoms with Gasteiger partial charge in [0.15, 0.2) is 11.4 Å². The number of carbonyl (C=O) groups excluding carboxylic acids is 2. The predicted octanol–water partition coefficient (Wildman–Crippen LogP) is 3.35. The van der Waals surface area contributed by atoms with Gasteiger partial charge in [-0.05, 0) is 62.2 Å². The number of nitrogens with one attached hydrogen (secondary N) is 1. The van der Waals surface area contributed by atoms with Gasteiger partial charge in [-0.2, -0.15) is 10.2 Å². The summed E-state index contributed by atoms with van der Waals surface area (Å²) in [4.78, 5) is 23.8. The molecule has 1 heterocycles. The first kappa shape index (κ1) is 21.8. The third-order valence-electron chi connectivity index (χ3n) is 5.04. The minimum atomic E-state index is -0.481. The first-order valence-corrected chi connectivity index (χ1v) is 9.60. The number of esters is 1. The van der Waals surface area contributed by atoms with E-state index in [-0.39, 0.29) is 11.4 Å². The number of hydrogen-bond acceptors (Lipinski definition) is 6. The summed E-state index contributed by atoms with van der Waals surface area (Å²) in [6.45, 7) is 5.68. The van der Waals surface area contributed by atoms with Gasteiger partial charge < -0.3 is 9.84 Å².